The van der Waals surface area contributed by atoms with E-state index in [1.54, 1.807) is 18.2 Å². The van der Waals surface area contributed by atoms with Gasteiger partial charge in [0.15, 0.2) is 11.5 Å². The number of carbonyl (C=O) groups excluding carboxylic acids is 1. The molecule has 3 rings (SSSR count). The summed E-state index contributed by atoms with van der Waals surface area (Å²) >= 11 is 0. The molecule has 1 amide bonds. The highest BCUT2D eigenvalue weighted by molar-refractivity contribution is 5.83. The average Bonchev–Trinajstić information content (AvgIpc) is 2.94. The first-order valence-corrected chi connectivity index (χ1v) is 7.08. The maximum Gasteiger partial charge on any atom is 0.305 e. The largest absolute Gasteiger partial charge is 0.485 e. The van der Waals surface area contributed by atoms with Gasteiger partial charge in [0.05, 0.1) is 18.6 Å². The van der Waals surface area contributed by atoms with Crippen LogP contribution in [0.5, 0.6) is 11.5 Å². The summed E-state index contributed by atoms with van der Waals surface area (Å²) < 4.78 is 16.4. The van der Waals surface area contributed by atoms with E-state index in [0.717, 1.165) is 0 Å². The molecule has 118 valence electrons. The van der Waals surface area contributed by atoms with E-state index in [0.29, 0.717) is 24.5 Å². The normalized spacial score (nSPS) is 26.5. The molecule has 0 saturated carbocycles. The van der Waals surface area contributed by atoms with E-state index in [2.05, 4.69) is 5.32 Å². The fourth-order valence-corrected chi connectivity index (χ4v) is 2.67. The third kappa shape index (κ3) is 2.99. The molecule has 0 spiro atoms. The molecule has 0 aromatic heterocycles. The number of para-hydroxylation sites is 2. The molecule has 22 heavy (non-hydrogen) atoms. The highest BCUT2D eigenvalue weighted by atomic mass is 16.6. The van der Waals surface area contributed by atoms with Crippen molar-refractivity contribution in [3.05, 3.63) is 24.3 Å². The number of benzene rings is 1. The Morgan fingerprint density at radius 1 is 1.32 bits per heavy atom. The summed E-state index contributed by atoms with van der Waals surface area (Å²) in [5.41, 5.74) is -0.872. The zero-order valence-corrected chi connectivity index (χ0v) is 11.9. The standard InChI is InChI=1S/C15H17NO6/c17-13(18)7-15(5-6-20-9-15)16-14(19)12-8-21-10-3-1-2-4-11(10)22-12/h1-4,12H,5-9H2,(H,16,19)(H,17,18). The maximum absolute atomic E-state index is 12.4. The van der Waals surface area contributed by atoms with Crippen LogP contribution >= 0.6 is 0 Å². The number of amides is 1. The third-order valence-corrected chi connectivity index (χ3v) is 3.78. The lowest BCUT2D eigenvalue weighted by atomic mass is 9.94. The van der Waals surface area contributed by atoms with E-state index in [4.69, 9.17) is 19.3 Å². The molecule has 2 heterocycles. The van der Waals surface area contributed by atoms with Crippen molar-refractivity contribution in [2.75, 3.05) is 19.8 Å². The van der Waals surface area contributed by atoms with Gasteiger partial charge in [-0.15, -0.1) is 0 Å². The molecule has 1 fully saturated rings. The van der Waals surface area contributed by atoms with Gasteiger partial charge in [-0.25, -0.2) is 0 Å². The maximum atomic E-state index is 12.4. The van der Waals surface area contributed by atoms with Crippen LogP contribution < -0.4 is 14.8 Å². The van der Waals surface area contributed by atoms with E-state index in [9.17, 15) is 9.59 Å². The number of hydrogen-bond acceptors (Lipinski definition) is 5. The minimum absolute atomic E-state index is 0.0901. The Bertz CT molecular complexity index is 581. The van der Waals surface area contributed by atoms with Gasteiger partial charge in [-0.3, -0.25) is 9.59 Å². The summed E-state index contributed by atoms with van der Waals surface area (Å²) in [6, 6.07) is 7.10. The van der Waals surface area contributed by atoms with E-state index >= 15 is 0 Å². The van der Waals surface area contributed by atoms with Gasteiger partial charge in [0.2, 0.25) is 6.10 Å². The first kappa shape index (κ1) is 14.6. The number of hydrogen-bond donors (Lipinski definition) is 2. The summed E-state index contributed by atoms with van der Waals surface area (Å²) in [5, 5.41) is 11.8. The summed E-state index contributed by atoms with van der Waals surface area (Å²) in [6.07, 6.45) is -0.515. The predicted molar refractivity (Wildman–Crippen MR) is 74.9 cm³/mol. The lowest BCUT2D eigenvalue weighted by molar-refractivity contribution is -0.140. The van der Waals surface area contributed by atoms with Crippen LogP contribution in [0.4, 0.5) is 0 Å². The minimum atomic E-state index is -0.975. The summed E-state index contributed by atoms with van der Waals surface area (Å²) in [5.74, 6) is -0.266. The Morgan fingerprint density at radius 3 is 2.77 bits per heavy atom. The lowest BCUT2D eigenvalue weighted by Crippen LogP contribution is -2.56. The van der Waals surface area contributed by atoms with Crippen molar-refractivity contribution in [1.29, 1.82) is 0 Å². The predicted octanol–water partition coefficient (Wildman–Crippen LogP) is 0.576. The van der Waals surface area contributed by atoms with E-state index in [-0.39, 0.29) is 25.5 Å². The second kappa shape index (κ2) is 5.84. The van der Waals surface area contributed by atoms with Gasteiger partial charge in [0.1, 0.15) is 6.61 Å². The fraction of sp³-hybridized carbons (Fsp3) is 0.467. The first-order valence-electron chi connectivity index (χ1n) is 7.08. The monoisotopic (exact) mass is 307 g/mol. The number of ether oxygens (including phenoxy) is 3. The second-order valence-electron chi connectivity index (χ2n) is 5.51. The summed E-state index contributed by atoms with van der Waals surface area (Å²) in [4.78, 5) is 23.4. The summed E-state index contributed by atoms with van der Waals surface area (Å²) in [7, 11) is 0. The highest BCUT2D eigenvalue weighted by Crippen LogP contribution is 2.31. The van der Waals surface area contributed by atoms with Crippen molar-refractivity contribution in [3.63, 3.8) is 0 Å². The Kier molecular flexibility index (Phi) is 3.89. The Hall–Kier alpha value is -2.28. The van der Waals surface area contributed by atoms with Crippen molar-refractivity contribution < 1.29 is 28.9 Å². The van der Waals surface area contributed by atoms with Crippen LogP contribution in [-0.4, -0.2) is 48.4 Å². The number of nitrogens with one attached hydrogen (secondary N) is 1. The number of rotatable bonds is 4. The van der Waals surface area contributed by atoms with Crippen molar-refractivity contribution in [3.8, 4) is 11.5 Å². The van der Waals surface area contributed by atoms with Crippen LogP contribution in [0.25, 0.3) is 0 Å². The average molecular weight is 307 g/mol. The smallest absolute Gasteiger partial charge is 0.305 e. The second-order valence-corrected chi connectivity index (χ2v) is 5.51. The van der Waals surface area contributed by atoms with E-state index in [1.165, 1.54) is 0 Å². The summed E-state index contributed by atoms with van der Waals surface area (Å²) in [6.45, 7) is 0.709. The SMILES string of the molecule is O=C(O)CC1(NC(=O)C2COc3ccccc3O2)CCOC1. The van der Waals surface area contributed by atoms with Crippen LogP contribution in [-0.2, 0) is 14.3 Å². The Morgan fingerprint density at radius 2 is 2.09 bits per heavy atom. The van der Waals surface area contributed by atoms with Crippen molar-refractivity contribution >= 4 is 11.9 Å². The molecular formula is C15H17NO6. The van der Waals surface area contributed by atoms with Crippen LogP contribution in [0.1, 0.15) is 12.8 Å². The van der Waals surface area contributed by atoms with Crippen molar-refractivity contribution in [2.24, 2.45) is 0 Å². The Labute approximate surface area is 127 Å². The molecule has 2 atom stereocenters. The van der Waals surface area contributed by atoms with Crippen LogP contribution in [0.3, 0.4) is 0 Å². The fourth-order valence-electron chi connectivity index (χ4n) is 2.67. The topological polar surface area (TPSA) is 94.1 Å². The molecule has 7 heteroatoms. The van der Waals surface area contributed by atoms with Crippen LogP contribution in [0.2, 0.25) is 0 Å². The Balaban J connectivity index is 1.68. The highest BCUT2D eigenvalue weighted by Gasteiger charge is 2.41. The lowest BCUT2D eigenvalue weighted by Gasteiger charge is -2.31. The number of carbonyl (C=O) groups is 2. The third-order valence-electron chi connectivity index (χ3n) is 3.78. The molecule has 0 aliphatic carbocycles. The molecule has 0 bridgehead atoms. The van der Waals surface area contributed by atoms with Gasteiger partial charge in [0.25, 0.3) is 5.91 Å². The molecule has 1 aromatic rings. The van der Waals surface area contributed by atoms with E-state index in [1.807, 2.05) is 6.07 Å². The molecule has 0 radical (unpaired) electrons. The van der Waals surface area contributed by atoms with Gasteiger partial charge in [-0.1, -0.05) is 12.1 Å². The molecule has 1 saturated heterocycles. The van der Waals surface area contributed by atoms with Crippen LogP contribution in [0.15, 0.2) is 24.3 Å². The van der Waals surface area contributed by atoms with Gasteiger partial charge < -0.3 is 24.6 Å². The molecule has 2 aliphatic rings. The van der Waals surface area contributed by atoms with Crippen molar-refractivity contribution in [1.82, 2.24) is 5.32 Å². The van der Waals surface area contributed by atoms with E-state index < -0.39 is 17.6 Å². The quantitative estimate of drug-likeness (QED) is 0.845. The molecule has 2 unspecified atom stereocenters. The van der Waals surface area contributed by atoms with Gasteiger partial charge in [-0.2, -0.15) is 0 Å². The van der Waals surface area contributed by atoms with Crippen LogP contribution in [0, 0.1) is 0 Å². The molecular weight excluding hydrogens is 290 g/mol. The zero-order valence-electron chi connectivity index (χ0n) is 11.9. The molecule has 2 N–H and O–H groups in total. The molecule has 2 aliphatic heterocycles. The molecule has 7 nitrogen and oxygen atoms in total. The van der Waals surface area contributed by atoms with Gasteiger partial charge >= 0.3 is 5.97 Å². The zero-order chi connectivity index (χ0) is 15.6. The number of carboxylic acid groups (broad SMARTS) is 1. The van der Waals surface area contributed by atoms with Gasteiger partial charge in [0, 0.05) is 6.61 Å². The first-order chi connectivity index (χ1) is 10.6. The van der Waals surface area contributed by atoms with Gasteiger partial charge in [-0.05, 0) is 18.6 Å². The minimum Gasteiger partial charge on any atom is -0.485 e. The number of carboxylic acids is 1. The number of fused-ring (bicyclic) bond motifs is 1. The number of aliphatic carboxylic acids is 1. The molecule has 1 aromatic carbocycles. The van der Waals surface area contributed by atoms with Crippen molar-refractivity contribution in [2.45, 2.75) is 24.5 Å².